The van der Waals surface area contributed by atoms with Gasteiger partial charge < -0.3 is 19.5 Å². The molecule has 184 valence electrons. The summed E-state index contributed by atoms with van der Waals surface area (Å²) in [6.45, 7) is 6.54. The standard InChI is InChI=1S/C24H22F3N3O4S/c1-22(2)20(31)29(14-6-5-13(11-28)16(9-14)24(25,26)27)21(35)30(22)15-7-8-17-18(10-15)33-12-19(34-17)23(3,4)32/h5-10,19,32H,12H2,1-4H3/t19-/m0/s1. The lowest BCUT2D eigenvalue weighted by atomic mass is 10.0. The summed E-state index contributed by atoms with van der Waals surface area (Å²) in [5, 5.41) is 19.3. The molecule has 1 N–H and O–H groups in total. The second-order valence-corrected chi connectivity index (χ2v) is 9.72. The second kappa shape index (κ2) is 8.10. The smallest absolute Gasteiger partial charge is 0.417 e. The first-order chi connectivity index (χ1) is 16.2. The third kappa shape index (κ3) is 4.17. The Morgan fingerprint density at radius 3 is 2.40 bits per heavy atom. The number of carbonyl (C=O) groups is 1. The zero-order valence-electron chi connectivity index (χ0n) is 19.3. The Balaban J connectivity index is 1.72. The summed E-state index contributed by atoms with van der Waals surface area (Å²) in [4.78, 5) is 15.9. The monoisotopic (exact) mass is 505 g/mol. The maximum Gasteiger partial charge on any atom is 0.417 e. The molecule has 0 aliphatic carbocycles. The normalized spacial score (nSPS) is 19.7. The van der Waals surface area contributed by atoms with Crippen molar-refractivity contribution in [3.8, 4) is 17.6 Å². The minimum atomic E-state index is -4.78. The van der Waals surface area contributed by atoms with Gasteiger partial charge in [-0.2, -0.15) is 18.4 Å². The van der Waals surface area contributed by atoms with Gasteiger partial charge in [-0.25, -0.2) is 0 Å². The summed E-state index contributed by atoms with van der Waals surface area (Å²) < 4.78 is 52.1. The average Bonchev–Trinajstić information content (AvgIpc) is 2.95. The molecule has 0 spiro atoms. The summed E-state index contributed by atoms with van der Waals surface area (Å²) in [6, 6.07) is 9.46. The molecule has 0 saturated carbocycles. The maximum atomic E-state index is 13.5. The first kappa shape index (κ1) is 24.8. The van der Waals surface area contributed by atoms with Crippen LogP contribution in [-0.4, -0.2) is 40.0 Å². The summed E-state index contributed by atoms with van der Waals surface area (Å²) in [5.74, 6) is 0.252. The second-order valence-electron chi connectivity index (χ2n) is 9.36. The fourth-order valence-electron chi connectivity index (χ4n) is 4.01. The van der Waals surface area contributed by atoms with Crippen LogP contribution >= 0.6 is 12.2 Å². The van der Waals surface area contributed by atoms with Crippen molar-refractivity contribution in [1.29, 1.82) is 5.26 Å². The molecule has 1 fully saturated rings. The molecular formula is C24H22F3N3O4S. The van der Waals surface area contributed by atoms with Crippen LogP contribution in [0.15, 0.2) is 36.4 Å². The number of nitriles is 1. The van der Waals surface area contributed by atoms with Gasteiger partial charge in [-0.3, -0.25) is 9.69 Å². The number of carbonyl (C=O) groups excluding carboxylic acids is 1. The van der Waals surface area contributed by atoms with Crippen LogP contribution in [0.1, 0.15) is 38.8 Å². The molecule has 7 nitrogen and oxygen atoms in total. The van der Waals surface area contributed by atoms with Crippen LogP contribution < -0.4 is 19.3 Å². The number of aliphatic hydroxyl groups is 1. The van der Waals surface area contributed by atoms with E-state index in [1.165, 1.54) is 17.0 Å². The van der Waals surface area contributed by atoms with E-state index in [2.05, 4.69) is 0 Å². The molecule has 2 aliphatic rings. The minimum absolute atomic E-state index is 0.0242. The molecule has 4 rings (SSSR count). The van der Waals surface area contributed by atoms with Gasteiger partial charge >= 0.3 is 6.18 Å². The maximum absolute atomic E-state index is 13.5. The Hall–Kier alpha value is -3.36. The van der Waals surface area contributed by atoms with E-state index in [1.807, 2.05) is 0 Å². The number of fused-ring (bicyclic) bond motifs is 1. The van der Waals surface area contributed by atoms with E-state index in [0.29, 0.717) is 17.2 Å². The van der Waals surface area contributed by atoms with Gasteiger partial charge in [0.2, 0.25) is 0 Å². The van der Waals surface area contributed by atoms with Crippen molar-refractivity contribution in [2.75, 3.05) is 16.4 Å². The molecule has 11 heteroatoms. The Morgan fingerprint density at radius 2 is 1.80 bits per heavy atom. The number of hydrogen-bond donors (Lipinski definition) is 1. The van der Waals surface area contributed by atoms with Crippen molar-refractivity contribution in [3.63, 3.8) is 0 Å². The van der Waals surface area contributed by atoms with Gasteiger partial charge in [0.05, 0.1) is 28.5 Å². The Labute approximate surface area is 205 Å². The van der Waals surface area contributed by atoms with Crippen molar-refractivity contribution in [3.05, 3.63) is 47.5 Å². The van der Waals surface area contributed by atoms with E-state index in [4.69, 9.17) is 27.0 Å². The summed E-state index contributed by atoms with van der Waals surface area (Å²) >= 11 is 5.55. The Kier molecular flexibility index (Phi) is 5.73. The molecule has 1 saturated heterocycles. The number of hydrogen-bond acceptors (Lipinski definition) is 6. The van der Waals surface area contributed by atoms with E-state index in [0.717, 1.165) is 17.0 Å². The molecule has 0 bridgehead atoms. The SMILES string of the molecule is CC(C)(O)[C@@H]1COc2cc(N3C(=S)N(c4ccc(C#N)c(C(F)(F)F)c4)C(=O)C3(C)C)ccc2O1. The number of nitrogens with zero attached hydrogens (tertiary/aromatic N) is 3. The third-order valence-corrected chi connectivity index (χ3v) is 6.35. The van der Waals surface area contributed by atoms with Gasteiger partial charge in [0.25, 0.3) is 5.91 Å². The lowest BCUT2D eigenvalue weighted by molar-refractivity contribution is -0.137. The highest BCUT2D eigenvalue weighted by Gasteiger charge is 2.51. The number of ether oxygens (including phenoxy) is 2. The highest BCUT2D eigenvalue weighted by Crippen LogP contribution is 2.43. The summed E-state index contributed by atoms with van der Waals surface area (Å²) in [5.41, 5.74) is -3.67. The van der Waals surface area contributed by atoms with Crippen molar-refractivity contribution in [2.45, 2.75) is 51.1 Å². The molecule has 0 aromatic heterocycles. The largest absolute Gasteiger partial charge is 0.486 e. The van der Waals surface area contributed by atoms with Crippen molar-refractivity contribution >= 4 is 34.6 Å². The molecule has 1 atom stereocenters. The molecule has 0 radical (unpaired) electrons. The Morgan fingerprint density at radius 1 is 1.14 bits per heavy atom. The van der Waals surface area contributed by atoms with E-state index in [1.54, 1.807) is 45.9 Å². The minimum Gasteiger partial charge on any atom is -0.486 e. The van der Waals surface area contributed by atoms with Crippen molar-refractivity contribution < 1.29 is 32.5 Å². The fourth-order valence-corrected chi connectivity index (χ4v) is 4.53. The quantitative estimate of drug-likeness (QED) is 0.619. The Bertz CT molecular complexity index is 1260. The third-order valence-electron chi connectivity index (χ3n) is 5.99. The van der Waals surface area contributed by atoms with Gasteiger partial charge in [0, 0.05) is 11.8 Å². The molecule has 2 aromatic carbocycles. The lowest BCUT2D eigenvalue weighted by Gasteiger charge is -2.35. The van der Waals surface area contributed by atoms with Gasteiger partial charge in [-0.1, -0.05) is 0 Å². The van der Waals surface area contributed by atoms with Crippen LogP contribution in [0.5, 0.6) is 11.5 Å². The number of benzene rings is 2. The molecule has 2 heterocycles. The topological polar surface area (TPSA) is 86.0 Å². The molecule has 1 amide bonds. The lowest BCUT2D eigenvalue weighted by Crippen LogP contribution is -2.46. The van der Waals surface area contributed by atoms with Crippen LogP contribution in [0.25, 0.3) is 0 Å². The van der Waals surface area contributed by atoms with Crippen LogP contribution in [0.4, 0.5) is 24.5 Å². The highest BCUT2D eigenvalue weighted by molar-refractivity contribution is 7.81. The zero-order valence-corrected chi connectivity index (χ0v) is 20.1. The van der Waals surface area contributed by atoms with Crippen molar-refractivity contribution in [2.24, 2.45) is 0 Å². The number of halogens is 3. The predicted octanol–water partition coefficient (Wildman–Crippen LogP) is 4.40. The predicted molar refractivity (Wildman–Crippen MR) is 125 cm³/mol. The summed E-state index contributed by atoms with van der Waals surface area (Å²) in [6.07, 6.45) is -5.36. The fraction of sp³-hybridized carbons (Fsp3) is 0.375. The number of thiocarbonyl (C=S) groups is 1. The van der Waals surface area contributed by atoms with Crippen molar-refractivity contribution in [1.82, 2.24) is 0 Å². The van der Waals surface area contributed by atoms with Gasteiger partial charge in [-0.15, -0.1) is 0 Å². The van der Waals surface area contributed by atoms with Crippen LogP contribution in [0, 0.1) is 11.3 Å². The number of rotatable bonds is 3. The van der Waals surface area contributed by atoms with E-state index in [-0.39, 0.29) is 17.4 Å². The summed E-state index contributed by atoms with van der Waals surface area (Å²) in [7, 11) is 0. The molecule has 35 heavy (non-hydrogen) atoms. The first-order valence-electron chi connectivity index (χ1n) is 10.6. The van der Waals surface area contributed by atoms with E-state index >= 15 is 0 Å². The van der Waals surface area contributed by atoms with Crippen LogP contribution in [-0.2, 0) is 11.0 Å². The first-order valence-corrected chi connectivity index (χ1v) is 11.0. The molecule has 0 unspecified atom stereocenters. The van der Waals surface area contributed by atoms with Gasteiger partial charge in [-0.05, 0) is 70.2 Å². The van der Waals surface area contributed by atoms with Gasteiger partial charge in [0.1, 0.15) is 12.1 Å². The van der Waals surface area contributed by atoms with E-state index in [9.17, 15) is 23.1 Å². The van der Waals surface area contributed by atoms with Gasteiger partial charge in [0.15, 0.2) is 22.7 Å². The van der Waals surface area contributed by atoms with Crippen LogP contribution in [0.2, 0.25) is 0 Å². The van der Waals surface area contributed by atoms with E-state index < -0.39 is 40.5 Å². The number of alkyl halides is 3. The van der Waals surface area contributed by atoms with Crippen LogP contribution in [0.3, 0.4) is 0 Å². The highest BCUT2D eigenvalue weighted by atomic mass is 32.1. The number of amides is 1. The average molecular weight is 506 g/mol. The number of anilines is 2. The molecule has 2 aromatic rings. The molecular weight excluding hydrogens is 483 g/mol. The zero-order chi connectivity index (χ0) is 25.9. The molecule has 2 aliphatic heterocycles.